The molecule has 1 rings (SSSR count). The molecular formula is C12H20N2O3S. The first-order valence-corrected chi connectivity index (χ1v) is 7.86. The highest BCUT2D eigenvalue weighted by Gasteiger charge is 2.17. The Morgan fingerprint density at radius 3 is 2.33 bits per heavy atom. The van der Waals surface area contributed by atoms with Gasteiger partial charge in [0.25, 0.3) is 0 Å². The highest BCUT2D eigenvalue weighted by molar-refractivity contribution is 7.91. The first kappa shape index (κ1) is 14.9. The van der Waals surface area contributed by atoms with E-state index in [0.29, 0.717) is 24.2 Å². The third kappa shape index (κ3) is 3.41. The van der Waals surface area contributed by atoms with E-state index in [1.807, 2.05) is 6.92 Å². The lowest BCUT2D eigenvalue weighted by Crippen LogP contribution is -2.17. The number of hydrogen-bond acceptors (Lipinski definition) is 4. The summed E-state index contributed by atoms with van der Waals surface area (Å²) in [6, 6.07) is 0. The predicted octanol–water partition coefficient (Wildman–Crippen LogP) is 1.53. The number of sulfone groups is 1. The molecule has 0 bridgehead atoms. The van der Waals surface area contributed by atoms with Gasteiger partial charge < -0.3 is 0 Å². The summed E-state index contributed by atoms with van der Waals surface area (Å²) in [7, 11) is -3.02. The average Bonchev–Trinajstić information content (AvgIpc) is 2.51. The Bertz CT molecular complexity index is 544. The van der Waals surface area contributed by atoms with Gasteiger partial charge >= 0.3 is 0 Å². The zero-order valence-electron chi connectivity index (χ0n) is 11.4. The summed E-state index contributed by atoms with van der Waals surface area (Å²) in [5.74, 6) is 0.235. The normalized spacial score (nSPS) is 11.8. The van der Waals surface area contributed by atoms with Crippen LogP contribution in [0.2, 0.25) is 0 Å². The Morgan fingerprint density at radius 2 is 1.89 bits per heavy atom. The molecule has 0 atom stereocenters. The summed E-state index contributed by atoms with van der Waals surface area (Å²) in [6.07, 6.45) is 0.623. The molecule has 0 unspecified atom stereocenters. The minimum absolute atomic E-state index is 0.0346. The summed E-state index contributed by atoms with van der Waals surface area (Å²) in [4.78, 5) is 11.4. The predicted molar refractivity (Wildman–Crippen MR) is 70.7 cm³/mol. The molecule has 0 aromatic carbocycles. The van der Waals surface area contributed by atoms with Crippen LogP contribution in [0.1, 0.15) is 42.0 Å². The van der Waals surface area contributed by atoms with Crippen molar-refractivity contribution in [1.29, 1.82) is 0 Å². The topological polar surface area (TPSA) is 69.0 Å². The van der Waals surface area contributed by atoms with Gasteiger partial charge in [-0.1, -0.05) is 6.92 Å². The molecule has 1 heterocycles. The second-order valence-electron chi connectivity index (χ2n) is 4.48. The fourth-order valence-corrected chi connectivity index (χ4v) is 3.34. The van der Waals surface area contributed by atoms with Crippen molar-refractivity contribution in [2.24, 2.45) is 0 Å². The van der Waals surface area contributed by atoms with Crippen LogP contribution in [-0.2, 0) is 16.4 Å². The highest BCUT2D eigenvalue weighted by Crippen LogP contribution is 2.13. The molecule has 6 heteroatoms. The van der Waals surface area contributed by atoms with Gasteiger partial charge in [-0.05, 0) is 27.2 Å². The summed E-state index contributed by atoms with van der Waals surface area (Å²) < 4.78 is 24.9. The highest BCUT2D eigenvalue weighted by atomic mass is 32.2. The van der Waals surface area contributed by atoms with Gasteiger partial charge in [0.05, 0.1) is 23.6 Å². The van der Waals surface area contributed by atoms with Gasteiger partial charge in [-0.3, -0.25) is 9.48 Å². The Hall–Kier alpha value is -1.17. The van der Waals surface area contributed by atoms with Gasteiger partial charge in [0.1, 0.15) is 0 Å². The van der Waals surface area contributed by atoms with Crippen molar-refractivity contribution in [3.8, 4) is 0 Å². The van der Waals surface area contributed by atoms with E-state index in [2.05, 4.69) is 5.10 Å². The number of ketones is 1. The lowest BCUT2D eigenvalue weighted by Gasteiger charge is -2.05. The number of hydrogen-bond donors (Lipinski definition) is 0. The number of rotatable bonds is 6. The van der Waals surface area contributed by atoms with Crippen molar-refractivity contribution in [1.82, 2.24) is 9.78 Å². The van der Waals surface area contributed by atoms with Gasteiger partial charge in [-0.25, -0.2) is 8.42 Å². The number of aromatic nitrogens is 2. The third-order valence-electron chi connectivity index (χ3n) is 2.86. The molecule has 5 nitrogen and oxygen atoms in total. The second kappa shape index (κ2) is 5.65. The standard InChI is InChI=1S/C12H20N2O3S/c1-5-7-18(16,17)8-6-14-10(3)12(11(4)15)9(2)13-14/h5-8H2,1-4H3. The molecule has 0 saturated carbocycles. The third-order valence-corrected chi connectivity index (χ3v) is 4.70. The number of carbonyl (C=O) groups excluding carboxylic acids is 1. The van der Waals surface area contributed by atoms with Crippen molar-refractivity contribution >= 4 is 15.6 Å². The second-order valence-corrected chi connectivity index (χ2v) is 6.78. The fraction of sp³-hybridized carbons (Fsp3) is 0.667. The molecule has 102 valence electrons. The minimum atomic E-state index is -3.02. The van der Waals surface area contributed by atoms with E-state index in [1.54, 1.807) is 18.5 Å². The SMILES string of the molecule is CCCS(=O)(=O)CCn1nc(C)c(C(C)=O)c1C. The molecule has 0 aliphatic carbocycles. The zero-order chi connectivity index (χ0) is 13.9. The Morgan fingerprint density at radius 1 is 1.28 bits per heavy atom. The van der Waals surface area contributed by atoms with Crippen molar-refractivity contribution < 1.29 is 13.2 Å². The molecule has 0 amide bonds. The van der Waals surface area contributed by atoms with Gasteiger partial charge in [-0.2, -0.15) is 5.10 Å². The first-order chi connectivity index (χ1) is 8.28. The van der Waals surface area contributed by atoms with E-state index in [4.69, 9.17) is 0 Å². The number of Topliss-reactive ketones (excluding diaryl/α,β-unsaturated/α-hetero) is 1. The van der Waals surface area contributed by atoms with Gasteiger partial charge in [-0.15, -0.1) is 0 Å². The maximum Gasteiger partial charge on any atom is 0.163 e. The smallest absolute Gasteiger partial charge is 0.163 e. The average molecular weight is 272 g/mol. The van der Waals surface area contributed by atoms with Crippen LogP contribution in [0.3, 0.4) is 0 Å². The summed E-state index contributed by atoms with van der Waals surface area (Å²) >= 11 is 0. The van der Waals surface area contributed by atoms with Crippen LogP contribution < -0.4 is 0 Å². The summed E-state index contributed by atoms with van der Waals surface area (Å²) in [6.45, 7) is 7.20. The molecule has 0 aliphatic heterocycles. The van der Waals surface area contributed by atoms with Crippen LogP contribution in [-0.4, -0.2) is 35.5 Å². The molecule has 0 spiro atoms. The van der Waals surface area contributed by atoms with Crippen molar-refractivity contribution in [2.75, 3.05) is 11.5 Å². The number of aryl methyl sites for hydroxylation is 2. The van der Waals surface area contributed by atoms with Crippen LogP contribution in [0.5, 0.6) is 0 Å². The van der Waals surface area contributed by atoms with Crippen LogP contribution in [0.4, 0.5) is 0 Å². The molecule has 0 saturated heterocycles. The Kier molecular flexibility index (Phi) is 4.67. The largest absolute Gasteiger partial charge is 0.294 e. The quantitative estimate of drug-likeness (QED) is 0.736. The maximum absolute atomic E-state index is 11.6. The fourth-order valence-electron chi connectivity index (χ4n) is 2.06. The van der Waals surface area contributed by atoms with Crippen LogP contribution in [0, 0.1) is 13.8 Å². The van der Waals surface area contributed by atoms with Gasteiger partial charge in [0.15, 0.2) is 15.6 Å². The number of carbonyl (C=O) groups is 1. The zero-order valence-corrected chi connectivity index (χ0v) is 12.2. The van der Waals surface area contributed by atoms with E-state index in [1.165, 1.54) is 6.92 Å². The van der Waals surface area contributed by atoms with Crippen LogP contribution in [0.25, 0.3) is 0 Å². The van der Waals surface area contributed by atoms with Crippen LogP contribution in [0.15, 0.2) is 0 Å². The minimum Gasteiger partial charge on any atom is -0.294 e. The Balaban J connectivity index is 2.88. The maximum atomic E-state index is 11.6. The van der Waals surface area contributed by atoms with Crippen LogP contribution >= 0.6 is 0 Å². The molecule has 1 aromatic rings. The molecule has 18 heavy (non-hydrogen) atoms. The molecule has 1 aromatic heterocycles. The Labute approximate surface area is 108 Å². The lowest BCUT2D eigenvalue weighted by atomic mass is 10.1. The van der Waals surface area contributed by atoms with Gasteiger partial charge in [0.2, 0.25) is 0 Å². The van der Waals surface area contributed by atoms with Gasteiger partial charge in [0, 0.05) is 11.4 Å². The van der Waals surface area contributed by atoms with E-state index in [-0.39, 0.29) is 17.3 Å². The summed E-state index contributed by atoms with van der Waals surface area (Å²) in [5, 5.41) is 4.23. The van der Waals surface area contributed by atoms with E-state index in [0.717, 1.165) is 5.69 Å². The molecule has 0 fully saturated rings. The first-order valence-electron chi connectivity index (χ1n) is 6.04. The van der Waals surface area contributed by atoms with Crippen molar-refractivity contribution in [2.45, 2.75) is 40.7 Å². The molecular weight excluding hydrogens is 252 g/mol. The van der Waals surface area contributed by atoms with Crippen molar-refractivity contribution in [3.63, 3.8) is 0 Å². The molecule has 0 radical (unpaired) electrons. The van der Waals surface area contributed by atoms with E-state index in [9.17, 15) is 13.2 Å². The van der Waals surface area contributed by atoms with E-state index >= 15 is 0 Å². The summed E-state index contributed by atoms with van der Waals surface area (Å²) in [5.41, 5.74) is 2.00. The number of nitrogens with zero attached hydrogens (tertiary/aromatic N) is 2. The monoisotopic (exact) mass is 272 g/mol. The van der Waals surface area contributed by atoms with Crippen molar-refractivity contribution in [3.05, 3.63) is 17.0 Å². The lowest BCUT2D eigenvalue weighted by molar-refractivity contribution is 0.101. The molecule has 0 N–H and O–H groups in total. The van der Waals surface area contributed by atoms with E-state index < -0.39 is 9.84 Å². The molecule has 0 aliphatic rings.